The molecule has 0 saturated heterocycles. The summed E-state index contributed by atoms with van der Waals surface area (Å²) in [5.41, 5.74) is 1.02. The van der Waals surface area contributed by atoms with Crippen LogP contribution < -0.4 is 5.32 Å². The Balaban J connectivity index is 2.40. The molecule has 13 heavy (non-hydrogen) atoms. The molecule has 0 aliphatic carbocycles. The summed E-state index contributed by atoms with van der Waals surface area (Å²) in [5, 5.41) is 3.24. The predicted octanol–water partition coefficient (Wildman–Crippen LogP) is 1.58. The molecule has 1 aromatic heterocycles. The lowest BCUT2D eigenvalue weighted by Crippen LogP contribution is -2.26. The van der Waals surface area contributed by atoms with Gasteiger partial charge in [0.15, 0.2) is 0 Å². The van der Waals surface area contributed by atoms with Crippen LogP contribution >= 0.6 is 0 Å². The number of hydrogen-bond acceptors (Lipinski definition) is 2. The minimum Gasteiger partial charge on any atom is -0.298 e. The van der Waals surface area contributed by atoms with Gasteiger partial charge in [-0.1, -0.05) is 18.9 Å². The van der Waals surface area contributed by atoms with Crippen LogP contribution in [-0.2, 0) is 6.54 Å². The van der Waals surface area contributed by atoms with E-state index in [2.05, 4.69) is 23.1 Å². The molecule has 1 rings (SSSR count). The summed E-state index contributed by atoms with van der Waals surface area (Å²) in [4.78, 5) is 4.19. The first kappa shape index (κ1) is 9.76. The molecule has 0 saturated carbocycles. The van der Waals surface area contributed by atoms with Gasteiger partial charge in [0.05, 0.1) is 11.7 Å². The molecular formula is C11H14N2. The van der Waals surface area contributed by atoms with E-state index >= 15 is 0 Å². The Morgan fingerprint density at radius 3 is 3.00 bits per heavy atom. The van der Waals surface area contributed by atoms with Crippen molar-refractivity contribution >= 4 is 0 Å². The van der Waals surface area contributed by atoms with Crippen molar-refractivity contribution in [2.75, 3.05) is 0 Å². The molecule has 1 heterocycles. The summed E-state index contributed by atoms with van der Waals surface area (Å²) in [6.45, 7) is 2.81. The molecule has 2 nitrogen and oxygen atoms in total. The SMILES string of the molecule is C#CC(CC)NCc1ccccn1. The first-order valence-electron chi connectivity index (χ1n) is 4.46. The zero-order valence-electron chi connectivity index (χ0n) is 7.83. The van der Waals surface area contributed by atoms with E-state index in [9.17, 15) is 0 Å². The van der Waals surface area contributed by atoms with E-state index in [1.54, 1.807) is 6.20 Å². The summed E-state index contributed by atoms with van der Waals surface area (Å²) in [5.74, 6) is 2.68. The normalized spacial score (nSPS) is 12.0. The number of aromatic nitrogens is 1. The topological polar surface area (TPSA) is 24.9 Å². The van der Waals surface area contributed by atoms with E-state index < -0.39 is 0 Å². The molecule has 1 unspecified atom stereocenters. The molecular weight excluding hydrogens is 160 g/mol. The number of rotatable bonds is 4. The standard InChI is InChI=1S/C11H14N2/c1-3-10(4-2)13-9-11-7-5-6-8-12-11/h1,5-8,10,13H,4,9H2,2H3. The lowest BCUT2D eigenvalue weighted by molar-refractivity contribution is 0.585. The molecule has 0 radical (unpaired) electrons. The maximum Gasteiger partial charge on any atom is 0.0687 e. The third-order valence-electron chi connectivity index (χ3n) is 1.87. The molecule has 0 aliphatic rings. The van der Waals surface area contributed by atoms with Gasteiger partial charge in [0.2, 0.25) is 0 Å². The van der Waals surface area contributed by atoms with Crippen molar-refractivity contribution in [3.63, 3.8) is 0 Å². The fraction of sp³-hybridized carbons (Fsp3) is 0.364. The highest BCUT2D eigenvalue weighted by Gasteiger charge is 2.00. The Morgan fingerprint density at radius 1 is 1.62 bits per heavy atom. The minimum absolute atomic E-state index is 0.155. The van der Waals surface area contributed by atoms with Crippen molar-refractivity contribution < 1.29 is 0 Å². The molecule has 1 N–H and O–H groups in total. The third-order valence-corrected chi connectivity index (χ3v) is 1.87. The van der Waals surface area contributed by atoms with Crippen LogP contribution in [0.15, 0.2) is 24.4 Å². The Kier molecular flexibility index (Phi) is 4.01. The summed E-state index contributed by atoms with van der Waals surface area (Å²) < 4.78 is 0. The molecule has 0 aliphatic heterocycles. The minimum atomic E-state index is 0.155. The van der Waals surface area contributed by atoms with E-state index in [-0.39, 0.29) is 6.04 Å². The highest BCUT2D eigenvalue weighted by molar-refractivity contribution is 5.05. The van der Waals surface area contributed by atoms with Gasteiger partial charge in [-0.3, -0.25) is 10.3 Å². The average Bonchev–Trinajstić information content (AvgIpc) is 2.21. The molecule has 0 fully saturated rings. The van der Waals surface area contributed by atoms with Crippen LogP contribution in [0, 0.1) is 12.3 Å². The van der Waals surface area contributed by atoms with Crippen molar-refractivity contribution in [1.82, 2.24) is 10.3 Å². The van der Waals surface area contributed by atoms with Crippen molar-refractivity contribution in [2.24, 2.45) is 0 Å². The Morgan fingerprint density at radius 2 is 2.46 bits per heavy atom. The summed E-state index contributed by atoms with van der Waals surface area (Å²) >= 11 is 0. The quantitative estimate of drug-likeness (QED) is 0.701. The smallest absolute Gasteiger partial charge is 0.0687 e. The maximum atomic E-state index is 5.31. The second-order valence-electron chi connectivity index (χ2n) is 2.83. The Bertz CT molecular complexity index is 274. The summed E-state index contributed by atoms with van der Waals surface area (Å²) in [6, 6.07) is 6.01. The molecule has 0 spiro atoms. The van der Waals surface area contributed by atoms with Gasteiger partial charge in [-0.2, -0.15) is 0 Å². The Labute approximate surface area is 79.4 Å². The van der Waals surface area contributed by atoms with Crippen molar-refractivity contribution in [2.45, 2.75) is 25.9 Å². The van der Waals surface area contributed by atoms with Crippen LogP contribution in [0.3, 0.4) is 0 Å². The van der Waals surface area contributed by atoms with Gasteiger partial charge in [0.25, 0.3) is 0 Å². The molecule has 2 heteroatoms. The fourth-order valence-corrected chi connectivity index (χ4v) is 1.05. The van der Waals surface area contributed by atoms with E-state index in [0.29, 0.717) is 0 Å². The van der Waals surface area contributed by atoms with Crippen molar-refractivity contribution in [3.8, 4) is 12.3 Å². The molecule has 1 aromatic rings. The predicted molar refractivity (Wildman–Crippen MR) is 54.0 cm³/mol. The zero-order chi connectivity index (χ0) is 9.52. The second-order valence-corrected chi connectivity index (χ2v) is 2.83. The number of nitrogens with one attached hydrogen (secondary N) is 1. The molecule has 1 atom stereocenters. The average molecular weight is 174 g/mol. The van der Waals surface area contributed by atoms with Gasteiger partial charge in [-0.25, -0.2) is 0 Å². The first-order chi connectivity index (χ1) is 6.36. The largest absolute Gasteiger partial charge is 0.298 e. The summed E-state index contributed by atoms with van der Waals surface area (Å²) in [6.07, 6.45) is 8.05. The maximum absolute atomic E-state index is 5.31. The fourth-order valence-electron chi connectivity index (χ4n) is 1.05. The van der Waals surface area contributed by atoms with Gasteiger partial charge in [0.1, 0.15) is 0 Å². The first-order valence-corrected chi connectivity index (χ1v) is 4.46. The number of pyridine rings is 1. The number of terminal acetylenes is 1. The van der Waals surface area contributed by atoms with E-state index in [1.807, 2.05) is 18.2 Å². The molecule has 0 bridgehead atoms. The zero-order valence-corrected chi connectivity index (χ0v) is 7.83. The van der Waals surface area contributed by atoms with E-state index in [0.717, 1.165) is 18.7 Å². The van der Waals surface area contributed by atoms with Crippen LogP contribution in [0.4, 0.5) is 0 Å². The van der Waals surface area contributed by atoms with Crippen LogP contribution in [0.25, 0.3) is 0 Å². The molecule has 0 amide bonds. The van der Waals surface area contributed by atoms with Crippen molar-refractivity contribution in [1.29, 1.82) is 0 Å². The lowest BCUT2D eigenvalue weighted by atomic mass is 10.2. The summed E-state index contributed by atoms with van der Waals surface area (Å²) in [7, 11) is 0. The monoisotopic (exact) mass is 174 g/mol. The van der Waals surface area contributed by atoms with Crippen LogP contribution in [0.2, 0.25) is 0 Å². The van der Waals surface area contributed by atoms with Gasteiger partial charge in [0, 0.05) is 12.7 Å². The van der Waals surface area contributed by atoms with Crippen LogP contribution in [0.1, 0.15) is 19.0 Å². The third kappa shape index (κ3) is 3.27. The highest BCUT2D eigenvalue weighted by atomic mass is 14.9. The van der Waals surface area contributed by atoms with Gasteiger partial charge >= 0.3 is 0 Å². The molecule has 68 valence electrons. The number of hydrogen-bond donors (Lipinski definition) is 1. The van der Waals surface area contributed by atoms with Gasteiger partial charge < -0.3 is 0 Å². The van der Waals surface area contributed by atoms with Gasteiger partial charge in [-0.05, 0) is 18.6 Å². The second kappa shape index (κ2) is 5.34. The van der Waals surface area contributed by atoms with Crippen molar-refractivity contribution in [3.05, 3.63) is 30.1 Å². The Hall–Kier alpha value is -1.33. The highest BCUT2D eigenvalue weighted by Crippen LogP contribution is 1.95. The number of nitrogens with zero attached hydrogens (tertiary/aromatic N) is 1. The van der Waals surface area contributed by atoms with Crippen LogP contribution in [-0.4, -0.2) is 11.0 Å². The van der Waals surface area contributed by atoms with E-state index in [4.69, 9.17) is 6.42 Å². The van der Waals surface area contributed by atoms with E-state index in [1.165, 1.54) is 0 Å². The lowest BCUT2D eigenvalue weighted by Gasteiger charge is -2.09. The van der Waals surface area contributed by atoms with Crippen LogP contribution in [0.5, 0.6) is 0 Å². The van der Waals surface area contributed by atoms with Gasteiger partial charge in [-0.15, -0.1) is 6.42 Å². The molecule has 0 aromatic carbocycles.